The molecule has 1 heterocycles. The highest BCUT2D eigenvalue weighted by atomic mass is 16.5. The molecule has 0 spiro atoms. The second-order valence-electron chi connectivity index (χ2n) is 6.60. The Hall–Kier alpha value is -3.71. The van der Waals surface area contributed by atoms with Crippen LogP contribution < -0.4 is 21.1 Å². The number of benzene rings is 2. The normalized spacial score (nSPS) is 10.3. The lowest BCUT2D eigenvalue weighted by Crippen LogP contribution is -2.26. The van der Waals surface area contributed by atoms with E-state index < -0.39 is 0 Å². The molecule has 2 aromatic carbocycles. The minimum absolute atomic E-state index is 0.290. The van der Waals surface area contributed by atoms with Gasteiger partial charge in [-0.05, 0) is 42.8 Å². The van der Waals surface area contributed by atoms with Crippen LogP contribution in [0.4, 0.5) is 5.69 Å². The van der Waals surface area contributed by atoms with E-state index in [0.717, 1.165) is 11.1 Å². The summed E-state index contributed by atoms with van der Waals surface area (Å²) >= 11 is 0. The smallest absolute Gasteiger partial charge is 0.255 e. The molecule has 3 aromatic rings. The maximum atomic E-state index is 12.8. The molecule has 0 atom stereocenters. The van der Waals surface area contributed by atoms with Crippen molar-refractivity contribution < 1.29 is 14.3 Å². The fraction of sp³-hybridized carbons (Fsp3) is 0.174. The van der Waals surface area contributed by atoms with Crippen molar-refractivity contribution in [1.29, 1.82) is 0 Å². The first kappa shape index (κ1) is 21.0. The lowest BCUT2D eigenvalue weighted by molar-refractivity contribution is 0.0950. The van der Waals surface area contributed by atoms with Gasteiger partial charge in [0.25, 0.3) is 11.8 Å². The molecule has 3 rings (SSSR count). The van der Waals surface area contributed by atoms with Gasteiger partial charge in [0.05, 0.1) is 24.6 Å². The summed E-state index contributed by atoms with van der Waals surface area (Å²) in [5.41, 5.74) is 8.54. The summed E-state index contributed by atoms with van der Waals surface area (Å²) in [6, 6.07) is 16.4. The second-order valence-corrected chi connectivity index (χ2v) is 6.60. The molecular formula is C23H24N4O3. The van der Waals surface area contributed by atoms with Crippen LogP contribution in [0.1, 0.15) is 27.1 Å². The van der Waals surface area contributed by atoms with E-state index in [2.05, 4.69) is 15.6 Å². The molecule has 0 aliphatic carbocycles. The van der Waals surface area contributed by atoms with Crippen molar-refractivity contribution >= 4 is 17.5 Å². The Labute approximate surface area is 175 Å². The van der Waals surface area contributed by atoms with Gasteiger partial charge in [-0.25, -0.2) is 0 Å². The van der Waals surface area contributed by atoms with E-state index in [-0.39, 0.29) is 11.8 Å². The minimum Gasteiger partial charge on any atom is -0.496 e. The van der Waals surface area contributed by atoms with Crippen molar-refractivity contribution in [3.63, 3.8) is 0 Å². The van der Waals surface area contributed by atoms with Gasteiger partial charge in [-0.1, -0.05) is 30.3 Å². The van der Waals surface area contributed by atoms with Crippen LogP contribution in [0.15, 0.2) is 67.0 Å². The van der Waals surface area contributed by atoms with Crippen LogP contribution in [0.2, 0.25) is 0 Å². The summed E-state index contributed by atoms with van der Waals surface area (Å²) < 4.78 is 5.26. The molecule has 7 heteroatoms. The molecule has 0 bridgehead atoms. The Kier molecular flexibility index (Phi) is 7.13. The number of nitrogens with zero attached hydrogens (tertiary/aromatic N) is 1. The zero-order chi connectivity index (χ0) is 21.3. The first-order valence-electron chi connectivity index (χ1n) is 9.60. The van der Waals surface area contributed by atoms with E-state index in [1.807, 2.05) is 36.4 Å². The topological polar surface area (TPSA) is 106 Å². The largest absolute Gasteiger partial charge is 0.496 e. The average molecular weight is 404 g/mol. The molecule has 0 saturated carbocycles. The average Bonchev–Trinajstić information content (AvgIpc) is 2.79. The molecule has 1 aromatic heterocycles. The number of amides is 2. The quantitative estimate of drug-likeness (QED) is 0.500. The van der Waals surface area contributed by atoms with Crippen LogP contribution >= 0.6 is 0 Å². The predicted molar refractivity (Wildman–Crippen MR) is 117 cm³/mol. The van der Waals surface area contributed by atoms with Gasteiger partial charge in [0, 0.05) is 23.9 Å². The van der Waals surface area contributed by atoms with Crippen LogP contribution in [-0.2, 0) is 0 Å². The lowest BCUT2D eigenvalue weighted by atomic mass is 10.1. The Morgan fingerprint density at radius 3 is 2.53 bits per heavy atom. The van der Waals surface area contributed by atoms with E-state index in [1.165, 1.54) is 13.2 Å². The standard InChI is InChI=1S/C23H24N4O3/c1-30-21-9-8-17(13-20(21)23(29)26-11-5-10-24)22(28)27-19-12-18(14-25-15-19)16-6-3-2-4-7-16/h2-4,6-9,12-15H,5,10-11,24H2,1H3,(H,26,29)(H,27,28). The molecule has 4 N–H and O–H groups in total. The Balaban J connectivity index is 1.78. The van der Waals surface area contributed by atoms with E-state index in [0.29, 0.717) is 42.1 Å². The maximum absolute atomic E-state index is 12.8. The van der Waals surface area contributed by atoms with Gasteiger partial charge in [0.1, 0.15) is 5.75 Å². The van der Waals surface area contributed by atoms with Crippen molar-refractivity contribution in [1.82, 2.24) is 10.3 Å². The van der Waals surface area contributed by atoms with Crippen molar-refractivity contribution in [2.75, 3.05) is 25.5 Å². The van der Waals surface area contributed by atoms with E-state index in [9.17, 15) is 9.59 Å². The Morgan fingerprint density at radius 2 is 1.80 bits per heavy atom. The van der Waals surface area contributed by atoms with E-state index in [1.54, 1.807) is 24.5 Å². The zero-order valence-corrected chi connectivity index (χ0v) is 16.7. The molecule has 0 fully saturated rings. The van der Waals surface area contributed by atoms with Crippen LogP contribution in [0.5, 0.6) is 5.75 Å². The fourth-order valence-electron chi connectivity index (χ4n) is 2.93. The third-order valence-corrected chi connectivity index (χ3v) is 4.48. The molecule has 154 valence electrons. The SMILES string of the molecule is COc1ccc(C(=O)Nc2cncc(-c3ccccc3)c2)cc1C(=O)NCCCN. The molecule has 0 saturated heterocycles. The summed E-state index contributed by atoms with van der Waals surface area (Å²) in [6.07, 6.45) is 3.98. The Morgan fingerprint density at radius 1 is 1.00 bits per heavy atom. The van der Waals surface area contributed by atoms with Crippen LogP contribution in [0.25, 0.3) is 11.1 Å². The van der Waals surface area contributed by atoms with Crippen LogP contribution in [0.3, 0.4) is 0 Å². The first-order chi connectivity index (χ1) is 14.6. The zero-order valence-electron chi connectivity index (χ0n) is 16.7. The molecule has 7 nitrogen and oxygen atoms in total. The number of nitrogens with two attached hydrogens (primary N) is 1. The molecule has 30 heavy (non-hydrogen) atoms. The number of aromatic nitrogens is 1. The number of hydrogen-bond acceptors (Lipinski definition) is 5. The molecule has 2 amide bonds. The van der Waals surface area contributed by atoms with E-state index >= 15 is 0 Å². The predicted octanol–water partition coefficient (Wildman–Crippen LogP) is 3.09. The van der Waals surface area contributed by atoms with E-state index in [4.69, 9.17) is 10.5 Å². The van der Waals surface area contributed by atoms with Crippen LogP contribution in [0, 0.1) is 0 Å². The number of pyridine rings is 1. The van der Waals surface area contributed by atoms with Crippen molar-refractivity contribution in [2.24, 2.45) is 5.73 Å². The fourth-order valence-corrected chi connectivity index (χ4v) is 2.93. The number of carbonyl (C=O) groups is 2. The summed E-state index contributed by atoms with van der Waals surface area (Å²) in [7, 11) is 1.48. The number of hydrogen-bond donors (Lipinski definition) is 3. The van der Waals surface area contributed by atoms with Gasteiger partial charge in [0.2, 0.25) is 0 Å². The van der Waals surface area contributed by atoms with Gasteiger partial charge >= 0.3 is 0 Å². The molecular weight excluding hydrogens is 380 g/mol. The highest BCUT2D eigenvalue weighted by Crippen LogP contribution is 2.23. The summed E-state index contributed by atoms with van der Waals surface area (Å²) in [5, 5.41) is 5.61. The number of carbonyl (C=O) groups excluding carboxylic acids is 2. The van der Waals surface area contributed by atoms with Crippen LogP contribution in [-0.4, -0.2) is 37.0 Å². The number of nitrogens with one attached hydrogen (secondary N) is 2. The number of methoxy groups -OCH3 is 1. The van der Waals surface area contributed by atoms with Crippen molar-refractivity contribution in [3.8, 4) is 16.9 Å². The highest BCUT2D eigenvalue weighted by Gasteiger charge is 2.16. The molecule has 0 aliphatic rings. The summed E-state index contributed by atoms with van der Waals surface area (Å²) in [4.78, 5) is 29.4. The van der Waals surface area contributed by atoms with Gasteiger partial charge < -0.3 is 21.1 Å². The third kappa shape index (κ3) is 5.21. The molecule has 0 radical (unpaired) electrons. The van der Waals surface area contributed by atoms with Gasteiger partial charge in [-0.3, -0.25) is 14.6 Å². The van der Waals surface area contributed by atoms with Crippen molar-refractivity contribution in [3.05, 3.63) is 78.1 Å². The molecule has 0 aliphatic heterocycles. The van der Waals surface area contributed by atoms with Gasteiger partial charge in [0.15, 0.2) is 0 Å². The molecule has 0 unspecified atom stereocenters. The first-order valence-corrected chi connectivity index (χ1v) is 9.60. The summed E-state index contributed by atoms with van der Waals surface area (Å²) in [5.74, 6) is -0.270. The van der Waals surface area contributed by atoms with Crippen molar-refractivity contribution in [2.45, 2.75) is 6.42 Å². The number of rotatable bonds is 8. The Bertz CT molecular complexity index is 1020. The van der Waals surface area contributed by atoms with Gasteiger partial charge in [-0.2, -0.15) is 0 Å². The monoisotopic (exact) mass is 404 g/mol. The van der Waals surface area contributed by atoms with Gasteiger partial charge in [-0.15, -0.1) is 0 Å². The lowest BCUT2D eigenvalue weighted by Gasteiger charge is -2.12. The summed E-state index contributed by atoms with van der Waals surface area (Å²) in [6.45, 7) is 0.933. The maximum Gasteiger partial charge on any atom is 0.255 e. The number of anilines is 1. The highest BCUT2D eigenvalue weighted by molar-refractivity contribution is 6.07. The second kappa shape index (κ2) is 10.2. The third-order valence-electron chi connectivity index (χ3n) is 4.48. The number of ether oxygens (including phenoxy) is 1. The minimum atomic E-state index is -0.347.